The molecule has 242 valence electrons. The third-order valence-corrected chi connectivity index (χ3v) is 9.50. The molecular formula is C26H33F3N6O7S2. The minimum Gasteiger partial charge on any atom is -0.497 e. The molecule has 1 saturated heterocycles. The maximum Gasteiger partial charge on any atom is 0.490 e. The molecule has 3 heterocycles. The maximum absolute atomic E-state index is 13.3. The van der Waals surface area contributed by atoms with Crippen LogP contribution in [0.3, 0.4) is 0 Å². The summed E-state index contributed by atoms with van der Waals surface area (Å²) in [6.07, 6.45) is -1.41. The number of methoxy groups -OCH3 is 1. The molecule has 0 atom stereocenters. The molecule has 1 aliphatic heterocycles. The Kier molecular flexibility index (Phi) is 11.5. The van der Waals surface area contributed by atoms with Crippen LogP contribution < -0.4 is 4.74 Å². The van der Waals surface area contributed by atoms with Gasteiger partial charge in [0.15, 0.2) is 5.69 Å². The molecule has 3 aromatic rings. The third-order valence-electron chi connectivity index (χ3n) is 6.49. The van der Waals surface area contributed by atoms with Gasteiger partial charge in [0.2, 0.25) is 15.9 Å². The Bertz CT molecular complexity index is 1550. The molecule has 0 radical (unpaired) electrons. The summed E-state index contributed by atoms with van der Waals surface area (Å²) >= 11 is 1.50. The van der Waals surface area contributed by atoms with Crippen molar-refractivity contribution in [2.45, 2.75) is 57.4 Å². The lowest BCUT2D eigenvalue weighted by molar-refractivity contribution is -0.192. The van der Waals surface area contributed by atoms with Gasteiger partial charge in [-0.3, -0.25) is 9.69 Å². The fourth-order valence-electron chi connectivity index (χ4n) is 4.37. The molecule has 1 fully saturated rings. The average Bonchev–Trinajstić information content (AvgIpc) is 3.71. The number of likely N-dealkylation sites (tertiary alicyclic amines) is 1. The number of aryl methyl sites for hydroxylation is 2. The fourth-order valence-corrected chi connectivity index (χ4v) is 6.83. The van der Waals surface area contributed by atoms with Crippen LogP contribution in [0.1, 0.15) is 50.4 Å². The zero-order valence-electron chi connectivity index (χ0n) is 24.7. The lowest BCUT2D eigenvalue weighted by atomic mass is 10.1. The number of amides is 1. The van der Waals surface area contributed by atoms with Gasteiger partial charge >= 0.3 is 12.1 Å². The number of carboxylic acid groups (broad SMARTS) is 1. The molecule has 0 saturated carbocycles. The molecule has 18 heteroatoms. The number of aromatic nitrogens is 3. The fraction of sp³-hybridized carbons (Fsp3) is 0.500. The van der Waals surface area contributed by atoms with E-state index < -0.39 is 22.2 Å². The first kappa shape index (κ1) is 34.9. The van der Waals surface area contributed by atoms with E-state index in [2.05, 4.69) is 20.1 Å². The van der Waals surface area contributed by atoms with Crippen LogP contribution >= 0.6 is 11.3 Å². The van der Waals surface area contributed by atoms with Crippen molar-refractivity contribution in [1.82, 2.24) is 29.3 Å². The van der Waals surface area contributed by atoms with Crippen molar-refractivity contribution in [2.24, 2.45) is 0 Å². The van der Waals surface area contributed by atoms with E-state index in [-0.39, 0.29) is 28.9 Å². The number of benzene rings is 1. The number of carboxylic acids is 1. The molecule has 0 aliphatic carbocycles. The van der Waals surface area contributed by atoms with Gasteiger partial charge in [-0.2, -0.15) is 17.5 Å². The van der Waals surface area contributed by atoms with Crippen LogP contribution in [0.4, 0.5) is 13.2 Å². The summed E-state index contributed by atoms with van der Waals surface area (Å²) in [5.41, 5.74) is 1.25. The quantitative estimate of drug-likeness (QED) is 0.339. The molecule has 1 aliphatic rings. The number of aliphatic carboxylic acids is 1. The van der Waals surface area contributed by atoms with Gasteiger partial charge in [-0.25, -0.2) is 18.2 Å². The van der Waals surface area contributed by atoms with E-state index in [1.807, 2.05) is 0 Å². The largest absolute Gasteiger partial charge is 0.497 e. The average molecular weight is 663 g/mol. The normalized spacial score (nSPS) is 13.9. The van der Waals surface area contributed by atoms with Gasteiger partial charge in [0.05, 0.1) is 31.6 Å². The molecule has 13 nitrogen and oxygen atoms in total. The predicted octanol–water partition coefficient (Wildman–Crippen LogP) is 3.47. The molecule has 0 spiro atoms. The topological polar surface area (TPSA) is 159 Å². The van der Waals surface area contributed by atoms with Crippen molar-refractivity contribution in [3.63, 3.8) is 0 Å². The number of carbonyl (C=O) groups is 2. The van der Waals surface area contributed by atoms with E-state index in [1.54, 1.807) is 33.0 Å². The van der Waals surface area contributed by atoms with E-state index in [9.17, 15) is 26.4 Å². The highest BCUT2D eigenvalue weighted by molar-refractivity contribution is 7.89. The van der Waals surface area contributed by atoms with E-state index in [1.165, 1.54) is 49.5 Å². The van der Waals surface area contributed by atoms with Gasteiger partial charge in [0.1, 0.15) is 22.0 Å². The molecule has 0 unspecified atom stereocenters. The Labute approximate surface area is 256 Å². The number of carbonyl (C=O) groups excluding carboxylic acids is 1. The monoisotopic (exact) mass is 662 g/mol. The first-order chi connectivity index (χ1) is 20.5. The molecule has 1 N–H and O–H groups in total. The number of nitrogens with zero attached hydrogens (tertiary/aromatic N) is 6. The molecule has 0 bridgehead atoms. The first-order valence-electron chi connectivity index (χ1n) is 13.2. The Morgan fingerprint density at radius 1 is 1.09 bits per heavy atom. The van der Waals surface area contributed by atoms with E-state index >= 15 is 0 Å². The van der Waals surface area contributed by atoms with Crippen molar-refractivity contribution in [3.8, 4) is 5.75 Å². The van der Waals surface area contributed by atoms with Crippen molar-refractivity contribution in [1.29, 1.82) is 0 Å². The smallest absolute Gasteiger partial charge is 0.490 e. The first-order valence-corrected chi connectivity index (χ1v) is 15.4. The third kappa shape index (κ3) is 8.96. The van der Waals surface area contributed by atoms with Gasteiger partial charge in [0.25, 0.3) is 5.91 Å². The number of sulfonamides is 1. The Hall–Kier alpha value is -3.61. The highest BCUT2D eigenvalue weighted by Gasteiger charge is 2.38. The summed E-state index contributed by atoms with van der Waals surface area (Å²) < 4.78 is 70.1. The SMILES string of the molecule is COc1cc(C)c(S(=O)(=O)N(C)Cc2nc(C(=O)N(C)Cc3nnc(CN4CCCC4)s3)co2)c(C)c1.O=C(O)C(F)(F)F. The second-order valence-electron chi connectivity index (χ2n) is 10.0. The molecule has 1 amide bonds. The van der Waals surface area contributed by atoms with Crippen LogP contribution in [0.25, 0.3) is 0 Å². The summed E-state index contributed by atoms with van der Waals surface area (Å²) in [6, 6.07) is 3.36. The van der Waals surface area contributed by atoms with Crippen molar-refractivity contribution in [3.05, 3.63) is 51.1 Å². The number of oxazole rings is 1. The van der Waals surface area contributed by atoms with Crippen LogP contribution in [0.5, 0.6) is 5.75 Å². The second kappa shape index (κ2) is 14.4. The minimum absolute atomic E-state index is 0.0990. The zero-order valence-corrected chi connectivity index (χ0v) is 26.3. The van der Waals surface area contributed by atoms with Gasteiger partial charge in [0, 0.05) is 14.1 Å². The van der Waals surface area contributed by atoms with Crippen LogP contribution in [-0.2, 0) is 34.5 Å². The van der Waals surface area contributed by atoms with Crippen molar-refractivity contribution < 1.29 is 45.4 Å². The highest BCUT2D eigenvalue weighted by atomic mass is 32.2. The number of alkyl halides is 3. The summed E-state index contributed by atoms with van der Waals surface area (Å²) in [5, 5.41) is 17.3. The standard InChI is InChI=1S/C24H32N6O5S2.C2HF3O2/c1-16-10-18(34-5)11-17(2)23(16)37(32,33)29(4)12-20-25-19(15-35-20)24(31)28(3)13-21-26-27-22(36-21)14-30-8-6-7-9-30;3-2(4,5)1(6)7/h10-11,15H,6-9,12-14H2,1-5H3;(H,6,7). The summed E-state index contributed by atoms with van der Waals surface area (Å²) in [6.45, 7) is 6.56. The van der Waals surface area contributed by atoms with Crippen LogP contribution in [-0.4, -0.2) is 95.2 Å². The Morgan fingerprint density at radius 3 is 2.20 bits per heavy atom. The van der Waals surface area contributed by atoms with Crippen molar-refractivity contribution >= 4 is 33.2 Å². The van der Waals surface area contributed by atoms with Gasteiger partial charge < -0.3 is 19.2 Å². The summed E-state index contributed by atoms with van der Waals surface area (Å²) in [4.78, 5) is 30.1. The minimum atomic E-state index is -5.08. The zero-order chi connectivity index (χ0) is 32.8. The maximum atomic E-state index is 13.3. The number of halogens is 3. The van der Waals surface area contributed by atoms with E-state index in [4.69, 9.17) is 19.1 Å². The van der Waals surface area contributed by atoms with Crippen LogP contribution in [0.2, 0.25) is 0 Å². The second-order valence-corrected chi connectivity index (χ2v) is 13.1. The van der Waals surface area contributed by atoms with Gasteiger partial charge in [-0.1, -0.05) is 11.3 Å². The molecule has 1 aromatic carbocycles. The van der Waals surface area contributed by atoms with Crippen LogP contribution in [0.15, 0.2) is 27.7 Å². The summed E-state index contributed by atoms with van der Waals surface area (Å²) in [7, 11) is 0.809. The predicted molar refractivity (Wildman–Crippen MR) is 152 cm³/mol. The molecule has 2 aromatic heterocycles. The summed E-state index contributed by atoms with van der Waals surface area (Å²) in [5.74, 6) is -2.39. The Balaban J connectivity index is 0.000000676. The highest BCUT2D eigenvalue weighted by Crippen LogP contribution is 2.28. The van der Waals surface area contributed by atoms with Gasteiger partial charge in [-0.05, 0) is 63.0 Å². The Morgan fingerprint density at radius 2 is 1.66 bits per heavy atom. The number of rotatable bonds is 10. The van der Waals surface area contributed by atoms with E-state index in [0.29, 0.717) is 23.4 Å². The lowest BCUT2D eigenvalue weighted by Gasteiger charge is -2.19. The van der Waals surface area contributed by atoms with Gasteiger partial charge in [-0.15, -0.1) is 10.2 Å². The molecule has 44 heavy (non-hydrogen) atoms. The molecule has 4 rings (SSSR count). The number of ether oxygens (including phenoxy) is 1. The van der Waals surface area contributed by atoms with E-state index in [0.717, 1.165) is 34.0 Å². The number of hydrogen-bond acceptors (Lipinski definition) is 11. The van der Waals surface area contributed by atoms with Crippen LogP contribution in [0, 0.1) is 13.8 Å². The van der Waals surface area contributed by atoms with Crippen molar-refractivity contribution in [2.75, 3.05) is 34.3 Å². The molecular weight excluding hydrogens is 629 g/mol. The lowest BCUT2D eigenvalue weighted by Crippen LogP contribution is -2.28. The number of hydrogen-bond donors (Lipinski definition) is 1.